The summed E-state index contributed by atoms with van der Waals surface area (Å²) in [5.74, 6) is 1.38. The Morgan fingerprint density at radius 1 is 0.818 bits per heavy atom. The van der Waals surface area contributed by atoms with Crippen LogP contribution in [-0.2, 0) is 0 Å². The zero-order valence-corrected chi connectivity index (χ0v) is 20.0. The lowest BCUT2D eigenvalue weighted by molar-refractivity contribution is 0.183. The van der Waals surface area contributed by atoms with Gasteiger partial charge in [-0.3, -0.25) is 4.90 Å². The minimum absolute atomic E-state index is 0. The van der Waals surface area contributed by atoms with Crippen molar-refractivity contribution in [3.63, 3.8) is 0 Å². The molecule has 2 N–H and O–H groups in total. The van der Waals surface area contributed by atoms with Crippen LogP contribution in [0, 0.1) is 0 Å². The maximum atomic E-state index is 10.0. The van der Waals surface area contributed by atoms with Gasteiger partial charge in [0.15, 0.2) is 0 Å². The van der Waals surface area contributed by atoms with Crippen molar-refractivity contribution in [2.24, 2.45) is 0 Å². The average Bonchev–Trinajstić information content (AvgIpc) is 3.19. The molecule has 4 nitrogen and oxygen atoms in total. The van der Waals surface area contributed by atoms with Crippen molar-refractivity contribution in [1.82, 2.24) is 4.90 Å². The fourth-order valence-corrected chi connectivity index (χ4v) is 5.67. The van der Waals surface area contributed by atoms with Crippen molar-refractivity contribution in [3.05, 3.63) is 66.7 Å². The monoisotopic (exact) mass is 481 g/mol. The first-order valence-electron chi connectivity index (χ1n) is 11.2. The van der Waals surface area contributed by atoms with E-state index in [1.807, 2.05) is 36.4 Å². The van der Waals surface area contributed by atoms with Gasteiger partial charge in [0.2, 0.25) is 0 Å². The molecule has 4 aromatic rings. The second kappa shape index (κ2) is 10.5. The third-order valence-electron chi connectivity index (χ3n) is 6.05. The van der Waals surface area contributed by atoms with Gasteiger partial charge in [-0.2, -0.15) is 0 Å². The summed E-state index contributed by atoms with van der Waals surface area (Å²) in [5, 5.41) is 20.8. The summed E-state index contributed by atoms with van der Waals surface area (Å²) in [6.45, 7) is 4.00. The van der Waals surface area contributed by atoms with Crippen LogP contribution in [0.2, 0.25) is 0 Å². The highest BCUT2D eigenvalue weighted by atomic mass is 35.5. The zero-order chi connectivity index (χ0) is 21.9. The molecule has 0 amide bonds. The molecule has 0 aliphatic carbocycles. The van der Waals surface area contributed by atoms with E-state index in [-0.39, 0.29) is 23.9 Å². The van der Waals surface area contributed by atoms with Crippen molar-refractivity contribution in [2.75, 3.05) is 26.2 Å². The predicted molar refractivity (Wildman–Crippen MR) is 139 cm³/mol. The molecule has 0 radical (unpaired) electrons. The highest BCUT2D eigenvalue weighted by Gasteiger charge is 2.17. The molecule has 1 aliphatic rings. The number of piperidine rings is 1. The van der Waals surface area contributed by atoms with Gasteiger partial charge in [0.1, 0.15) is 23.9 Å². The number of ether oxygens (including phenoxy) is 1. The largest absolute Gasteiger partial charge is 0.508 e. The third-order valence-corrected chi connectivity index (χ3v) is 7.25. The van der Waals surface area contributed by atoms with Crippen molar-refractivity contribution in [2.45, 2.75) is 19.3 Å². The summed E-state index contributed by atoms with van der Waals surface area (Å²) in [5.41, 5.74) is 3.24. The van der Waals surface area contributed by atoms with Gasteiger partial charge in [-0.1, -0.05) is 18.6 Å². The smallest absolute Gasteiger partial charge is 0.119 e. The van der Waals surface area contributed by atoms with E-state index in [1.165, 1.54) is 32.4 Å². The number of thiophene rings is 1. The molecular formula is C27H28ClNO3S. The van der Waals surface area contributed by atoms with Gasteiger partial charge >= 0.3 is 0 Å². The van der Waals surface area contributed by atoms with Gasteiger partial charge in [0.25, 0.3) is 0 Å². The van der Waals surface area contributed by atoms with E-state index in [2.05, 4.69) is 17.0 Å². The Balaban J connectivity index is 0.00000259. The van der Waals surface area contributed by atoms with Crippen LogP contribution in [0.5, 0.6) is 17.2 Å². The molecule has 0 unspecified atom stereocenters. The molecule has 6 heteroatoms. The maximum absolute atomic E-state index is 10.0. The summed E-state index contributed by atoms with van der Waals surface area (Å²) in [6, 6.07) is 21.1. The van der Waals surface area contributed by atoms with Crippen LogP contribution < -0.4 is 4.74 Å². The molecule has 5 rings (SSSR count). The number of rotatable bonds is 6. The highest BCUT2D eigenvalue weighted by Crippen LogP contribution is 2.46. The van der Waals surface area contributed by atoms with E-state index >= 15 is 0 Å². The van der Waals surface area contributed by atoms with Crippen molar-refractivity contribution in [1.29, 1.82) is 0 Å². The Bertz CT molecular complexity index is 1220. The number of benzene rings is 3. The van der Waals surface area contributed by atoms with Gasteiger partial charge in [-0.15, -0.1) is 23.7 Å². The molecule has 0 bridgehead atoms. The molecular weight excluding hydrogens is 454 g/mol. The first-order valence-corrected chi connectivity index (χ1v) is 12.0. The van der Waals surface area contributed by atoms with Crippen LogP contribution in [0.3, 0.4) is 0 Å². The molecule has 1 fully saturated rings. The van der Waals surface area contributed by atoms with Crippen molar-refractivity contribution in [3.8, 4) is 38.8 Å². The molecule has 172 valence electrons. The van der Waals surface area contributed by atoms with Gasteiger partial charge in [-0.05, 0) is 91.7 Å². The Kier molecular flexibility index (Phi) is 7.43. The van der Waals surface area contributed by atoms with Gasteiger partial charge in [-0.25, -0.2) is 0 Å². The summed E-state index contributed by atoms with van der Waals surface area (Å²) < 4.78 is 7.16. The summed E-state index contributed by atoms with van der Waals surface area (Å²) >= 11 is 1.65. The van der Waals surface area contributed by atoms with E-state index in [0.717, 1.165) is 43.9 Å². The minimum atomic E-state index is 0. The second-order valence-corrected chi connectivity index (χ2v) is 9.36. The first kappa shape index (κ1) is 23.4. The lowest BCUT2D eigenvalue weighted by Gasteiger charge is -2.26. The second-order valence-electron chi connectivity index (χ2n) is 8.31. The molecule has 0 spiro atoms. The molecule has 2 heterocycles. The number of halogens is 1. The normalized spacial score (nSPS) is 14.2. The van der Waals surface area contributed by atoms with Gasteiger partial charge in [0.05, 0.1) is 0 Å². The molecule has 1 aromatic heterocycles. The maximum Gasteiger partial charge on any atom is 0.119 e. The number of phenols is 2. The molecule has 1 saturated heterocycles. The number of likely N-dealkylation sites (tertiary alicyclic amines) is 1. The summed E-state index contributed by atoms with van der Waals surface area (Å²) in [4.78, 5) is 3.59. The number of nitrogens with zero attached hydrogens (tertiary/aromatic N) is 1. The Labute approximate surface area is 204 Å². The van der Waals surface area contributed by atoms with Gasteiger partial charge in [0, 0.05) is 27.1 Å². The van der Waals surface area contributed by atoms with Crippen LogP contribution in [0.15, 0.2) is 66.7 Å². The molecule has 33 heavy (non-hydrogen) atoms. The number of aromatic hydroxyl groups is 2. The lowest BCUT2D eigenvalue weighted by atomic mass is 9.98. The number of fused-ring (bicyclic) bond motifs is 1. The fraction of sp³-hybridized carbons (Fsp3) is 0.259. The van der Waals surface area contributed by atoms with Crippen LogP contribution in [0.4, 0.5) is 0 Å². The number of hydrogen-bond donors (Lipinski definition) is 2. The van der Waals surface area contributed by atoms with E-state index in [0.29, 0.717) is 6.61 Å². The summed E-state index contributed by atoms with van der Waals surface area (Å²) in [7, 11) is 0. The quantitative estimate of drug-likeness (QED) is 0.313. The standard InChI is InChI=1S/C27H27NO3S.ClH/c29-21-9-7-19(8-10-21)27-26(24-12-11-22(30)18-25(24)32-27)20-5-4-6-23(17-20)31-16-15-28-13-2-1-3-14-28;/h4-12,17-18,29-30H,1-3,13-16H2;1H. The Hall–Kier alpha value is -2.73. The molecule has 0 saturated carbocycles. The Morgan fingerprint density at radius 3 is 2.36 bits per heavy atom. The molecule has 3 aromatic carbocycles. The van der Waals surface area contributed by atoms with Gasteiger partial charge < -0.3 is 14.9 Å². The van der Waals surface area contributed by atoms with Crippen LogP contribution >= 0.6 is 23.7 Å². The van der Waals surface area contributed by atoms with Crippen molar-refractivity contribution < 1.29 is 14.9 Å². The van der Waals surface area contributed by atoms with E-state index in [9.17, 15) is 10.2 Å². The van der Waals surface area contributed by atoms with Crippen LogP contribution in [0.25, 0.3) is 31.7 Å². The topological polar surface area (TPSA) is 52.9 Å². The highest BCUT2D eigenvalue weighted by molar-refractivity contribution is 7.23. The molecule has 0 atom stereocenters. The Morgan fingerprint density at radius 2 is 1.58 bits per heavy atom. The zero-order valence-electron chi connectivity index (χ0n) is 18.4. The van der Waals surface area contributed by atoms with Crippen molar-refractivity contribution >= 4 is 33.8 Å². The SMILES string of the molecule is Cl.Oc1ccc(-c2sc3cc(O)ccc3c2-c2cccc(OCCN3CCCCC3)c2)cc1. The summed E-state index contributed by atoms with van der Waals surface area (Å²) in [6.07, 6.45) is 3.92. The van der Waals surface area contributed by atoms with Crippen LogP contribution in [0.1, 0.15) is 19.3 Å². The van der Waals surface area contributed by atoms with Crippen LogP contribution in [-0.4, -0.2) is 41.4 Å². The lowest BCUT2D eigenvalue weighted by Crippen LogP contribution is -2.33. The molecule has 1 aliphatic heterocycles. The third kappa shape index (κ3) is 5.27. The van der Waals surface area contributed by atoms with E-state index in [4.69, 9.17) is 4.74 Å². The minimum Gasteiger partial charge on any atom is -0.508 e. The fourth-order valence-electron chi connectivity index (χ4n) is 4.40. The van der Waals surface area contributed by atoms with E-state index in [1.54, 1.807) is 29.5 Å². The average molecular weight is 482 g/mol. The number of hydrogen-bond acceptors (Lipinski definition) is 5. The predicted octanol–water partition coefficient (Wildman–Crippen LogP) is 6.93. The number of phenolic OH excluding ortho intramolecular Hbond substituents is 2. The first-order chi connectivity index (χ1) is 15.7. The van der Waals surface area contributed by atoms with E-state index < -0.39 is 0 Å².